The zero-order valence-electron chi connectivity index (χ0n) is 12.3. The summed E-state index contributed by atoms with van der Waals surface area (Å²) in [4.78, 5) is 5.64. The standard InChI is InChI=1S/C17H21N3S/c1-14-8-10-15(11-9-14)20-17(18)19-12-5-13-21-16-6-3-2-4-7-16/h2-4,6-11H,5,12-13H2,1H3,(H3,18,19,20). The molecule has 0 heterocycles. The maximum Gasteiger partial charge on any atom is 0.193 e. The molecular formula is C17H21N3S. The lowest BCUT2D eigenvalue weighted by molar-refractivity contribution is 0.940. The lowest BCUT2D eigenvalue weighted by Crippen LogP contribution is -2.22. The molecule has 0 radical (unpaired) electrons. The number of thioether (sulfide) groups is 1. The van der Waals surface area contributed by atoms with E-state index in [1.165, 1.54) is 10.5 Å². The molecule has 3 N–H and O–H groups in total. The van der Waals surface area contributed by atoms with Crippen LogP contribution in [0.1, 0.15) is 12.0 Å². The van der Waals surface area contributed by atoms with Crippen molar-refractivity contribution in [3.63, 3.8) is 0 Å². The van der Waals surface area contributed by atoms with E-state index in [0.717, 1.165) is 24.4 Å². The van der Waals surface area contributed by atoms with Crippen molar-refractivity contribution < 1.29 is 0 Å². The molecule has 0 fully saturated rings. The third kappa shape index (κ3) is 5.92. The van der Waals surface area contributed by atoms with Crippen LogP contribution >= 0.6 is 11.8 Å². The van der Waals surface area contributed by atoms with Gasteiger partial charge >= 0.3 is 0 Å². The van der Waals surface area contributed by atoms with Crippen LogP contribution in [0.25, 0.3) is 0 Å². The molecule has 0 amide bonds. The zero-order chi connectivity index (χ0) is 14.9. The van der Waals surface area contributed by atoms with Crippen molar-refractivity contribution in [3.8, 4) is 0 Å². The van der Waals surface area contributed by atoms with Crippen LogP contribution < -0.4 is 11.1 Å². The van der Waals surface area contributed by atoms with E-state index in [1.54, 1.807) is 0 Å². The second kappa shape index (κ2) is 8.37. The molecule has 4 heteroatoms. The Morgan fingerprint density at radius 3 is 2.52 bits per heavy atom. The maximum absolute atomic E-state index is 5.87. The van der Waals surface area contributed by atoms with Crippen LogP contribution in [0.3, 0.4) is 0 Å². The monoisotopic (exact) mass is 299 g/mol. The first-order valence-corrected chi connectivity index (χ1v) is 8.04. The minimum Gasteiger partial charge on any atom is -0.370 e. The predicted molar refractivity (Wildman–Crippen MR) is 93.1 cm³/mol. The van der Waals surface area contributed by atoms with Crippen LogP contribution in [0.2, 0.25) is 0 Å². The van der Waals surface area contributed by atoms with E-state index in [2.05, 4.69) is 41.5 Å². The van der Waals surface area contributed by atoms with Crippen LogP contribution in [0.5, 0.6) is 0 Å². The highest BCUT2D eigenvalue weighted by atomic mass is 32.2. The zero-order valence-corrected chi connectivity index (χ0v) is 13.1. The van der Waals surface area contributed by atoms with E-state index in [1.807, 2.05) is 42.1 Å². The fraction of sp³-hybridized carbons (Fsp3) is 0.235. The van der Waals surface area contributed by atoms with Crippen molar-refractivity contribution in [2.75, 3.05) is 17.6 Å². The Labute approximate surface area is 130 Å². The number of nitrogens with two attached hydrogens (primary N) is 1. The summed E-state index contributed by atoms with van der Waals surface area (Å²) >= 11 is 1.85. The Bertz CT molecular complexity index is 564. The van der Waals surface area contributed by atoms with Crippen LogP contribution in [0.4, 0.5) is 5.69 Å². The maximum atomic E-state index is 5.87. The van der Waals surface area contributed by atoms with Crippen molar-refractivity contribution in [2.24, 2.45) is 10.7 Å². The molecule has 3 nitrogen and oxygen atoms in total. The van der Waals surface area contributed by atoms with Crippen molar-refractivity contribution >= 4 is 23.4 Å². The molecule has 0 unspecified atom stereocenters. The van der Waals surface area contributed by atoms with Gasteiger partial charge in [0.15, 0.2) is 5.96 Å². The van der Waals surface area contributed by atoms with Gasteiger partial charge in [-0.3, -0.25) is 4.99 Å². The molecule has 0 aliphatic rings. The Balaban J connectivity index is 1.68. The number of anilines is 1. The van der Waals surface area contributed by atoms with E-state index in [0.29, 0.717) is 5.96 Å². The van der Waals surface area contributed by atoms with Gasteiger partial charge in [-0.05, 0) is 43.4 Å². The number of hydrogen-bond acceptors (Lipinski definition) is 2. The summed E-state index contributed by atoms with van der Waals surface area (Å²) in [5, 5.41) is 3.10. The van der Waals surface area contributed by atoms with Crippen LogP contribution in [-0.4, -0.2) is 18.3 Å². The van der Waals surface area contributed by atoms with Crippen molar-refractivity contribution in [1.82, 2.24) is 0 Å². The number of aliphatic imine (C=N–C) groups is 1. The van der Waals surface area contributed by atoms with E-state index < -0.39 is 0 Å². The molecule has 2 aromatic rings. The summed E-state index contributed by atoms with van der Waals surface area (Å²) in [7, 11) is 0. The number of hydrogen-bond donors (Lipinski definition) is 2. The number of nitrogens with one attached hydrogen (secondary N) is 1. The summed E-state index contributed by atoms with van der Waals surface area (Å²) in [6.07, 6.45) is 1.01. The Kier molecular flexibility index (Phi) is 6.16. The average molecular weight is 299 g/mol. The third-order valence-corrected chi connectivity index (χ3v) is 4.02. The van der Waals surface area contributed by atoms with E-state index in [-0.39, 0.29) is 0 Å². The van der Waals surface area contributed by atoms with Gasteiger partial charge in [0.1, 0.15) is 0 Å². The lowest BCUT2D eigenvalue weighted by Gasteiger charge is -2.06. The van der Waals surface area contributed by atoms with Crippen LogP contribution in [0.15, 0.2) is 64.5 Å². The van der Waals surface area contributed by atoms with Gasteiger partial charge in [-0.1, -0.05) is 35.9 Å². The van der Waals surface area contributed by atoms with Gasteiger partial charge in [-0.15, -0.1) is 11.8 Å². The minimum atomic E-state index is 0.476. The van der Waals surface area contributed by atoms with E-state index >= 15 is 0 Å². The summed E-state index contributed by atoms with van der Waals surface area (Å²) in [5.74, 6) is 1.52. The predicted octanol–water partition coefficient (Wildman–Crippen LogP) is 3.90. The fourth-order valence-electron chi connectivity index (χ4n) is 1.80. The highest BCUT2D eigenvalue weighted by Crippen LogP contribution is 2.17. The average Bonchev–Trinajstić information content (AvgIpc) is 2.50. The van der Waals surface area contributed by atoms with E-state index in [9.17, 15) is 0 Å². The molecule has 0 saturated heterocycles. The van der Waals surface area contributed by atoms with Crippen molar-refractivity contribution in [1.29, 1.82) is 0 Å². The van der Waals surface area contributed by atoms with Gasteiger partial charge in [0.25, 0.3) is 0 Å². The van der Waals surface area contributed by atoms with Gasteiger partial charge < -0.3 is 11.1 Å². The second-order valence-corrected chi connectivity index (χ2v) is 5.94. The molecule has 2 aromatic carbocycles. The molecule has 0 aromatic heterocycles. The first-order chi connectivity index (χ1) is 10.2. The molecule has 110 valence electrons. The van der Waals surface area contributed by atoms with Crippen LogP contribution in [0, 0.1) is 6.92 Å². The third-order valence-electron chi connectivity index (χ3n) is 2.92. The first-order valence-electron chi connectivity index (χ1n) is 7.05. The number of rotatable bonds is 6. The van der Waals surface area contributed by atoms with Gasteiger partial charge in [-0.2, -0.15) is 0 Å². The second-order valence-electron chi connectivity index (χ2n) is 4.77. The number of aryl methyl sites for hydroxylation is 1. The van der Waals surface area contributed by atoms with Crippen molar-refractivity contribution in [2.45, 2.75) is 18.2 Å². The normalized spacial score (nSPS) is 11.4. The largest absolute Gasteiger partial charge is 0.370 e. The molecule has 2 rings (SSSR count). The smallest absolute Gasteiger partial charge is 0.193 e. The molecule has 21 heavy (non-hydrogen) atoms. The topological polar surface area (TPSA) is 50.4 Å². The van der Waals surface area contributed by atoms with Gasteiger partial charge in [-0.25, -0.2) is 0 Å². The molecule has 0 spiro atoms. The Hall–Kier alpha value is -1.94. The Morgan fingerprint density at radius 2 is 1.81 bits per heavy atom. The fourth-order valence-corrected chi connectivity index (χ4v) is 2.65. The van der Waals surface area contributed by atoms with Gasteiger partial charge in [0.05, 0.1) is 0 Å². The molecule has 0 aliphatic carbocycles. The SMILES string of the molecule is Cc1ccc(NC(N)=NCCCSc2ccccc2)cc1. The molecule has 0 saturated carbocycles. The van der Waals surface area contributed by atoms with Crippen molar-refractivity contribution in [3.05, 3.63) is 60.2 Å². The van der Waals surface area contributed by atoms with Crippen LogP contribution in [-0.2, 0) is 0 Å². The van der Waals surface area contributed by atoms with E-state index in [4.69, 9.17) is 5.73 Å². The van der Waals surface area contributed by atoms with Gasteiger partial charge in [0, 0.05) is 17.1 Å². The number of guanidine groups is 1. The summed E-state index contributed by atoms with van der Waals surface area (Å²) in [5.41, 5.74) is 8.07. The quantitative estimate of drug-likeness (QED) is 0.368. The first kappa shape index (κ1) is 15.4. The summed E-state index contributed by atoms with van der Waals surface area (Å²) < 4.78 is 0. The lowest BCUT2D eigenvalue weighted by atomic mass is 10.2. The molecule has 0 bridgehead atoms. The molecular weight excluding hydrogens is 278 g/mol. The Morgan fingerprint density at radius 1 is 1.10 bits per heavy atom. The number of benzene rings is 2. The summed E-state index contributed by atoms with van der Waals surface area (Å²) in [6, 6.07) is 18.5. The van der Waals surface area contributed by atoms with Gasteiger partial charge in [0.2, 0.25) is 0 Å². The highest BCUT2D eigenvalue weighted by Gasteiger charge is 1.95. The number of nitrogens with zero attached hydrogens (tertiary/aromatic N) is 1. The minimum absolute atomic E-state index is 0.476. The summed E-state index contributed by atoms with van der Waals surface area (Å²) in [6.45, 7) is 2.80. The highest BCUT2D eigenvalue weighted by molar-refractivity contribution is 7.99. The molecule has 0 atom stereocenters. The molecule has 0 aliphatic heterocycles.